The Morgan fingerprint density at radius 2 is 2.38 bits per heavy atom. The Bertz CT molecular complexity index is 295. The van der Waals surface area contributed by atoms with E-state index in [-0.39, 0.29) is 6.10 Å². The molecule has 0 saturated heterocycles. The third-order valence-corrected chi connectivity index (χ3v) is 3.99. The minimum atomic E-state index is -0.343. The van der Waals surface area contributed by atoms with Crippen molar-refractivity contribution < 1.29 is 5.11 Å². The number of hydrogen-bond donors (Lipinski definition) is 2. The van der Waals surface area contributed by atoms with Crippen LogP contribution in [0.3, 0.4) is 0 Å². The van der Waals surface area contributed by atoms with Crippen LogP contribution in [0, 0.1) is 5.92 Å². The molecule has 1 aromatic heterocycles. The zero-order valence-corrected chi connectivity index (χ0v) is 10.7. The van der Waals surface area contributed by atoms with E-state index in [9.17, 15) is 5.11 Å². The lowest BCUT2D eigenvalue weighted by molar-refractivity contribution is 0.167. The molecule has 1 heterocycles. The molecule has 2 unspecified atom stereocenters. The standard InChI is InChI=1S/C13H21NOS/c1-2-3-12(10-4-5-10)14-8-13(15)11-6-7-16-9-11/h6-7,9-10,12-15H,2-5,8H2,1H3. The molecule has 2 atom stereocenters. The van der Waals surface area contributed by atoms with E-state index in [4.69, 9.17) is 0 Å². The molecule has 2 N–H and O–H groups in total. The summed E-state index contributed by atoms with van der Waals surface area (Å²) in [6.45, 7) is 2.92. The van der Waals surface area contributed by atoms with Gasteiger partial charge in [0.2, 0.25) is 0 Å². The summed E-state index contributed by atoms with van der Waals surface area (Å²) >= 11 is 1.64. The van der Waals surface area contributed by atoms with Gasteiger partial charge >= 0.3 is 0 Å². The highest BCUT2D eigenvalue weighted by atomic mass is 32.1. The second-order valence-electron chi connectivity index (χ2n) is 4.71. The van der Waals surface area contributed by atoms with E-state index in [2.05, 4.69) is 12.2 Å². The second-order valence-corrected chi connectivity index (χ2v) is 5.49. The molecule has 1 aliphatic rings. The molecule has 0 spiro atoms. The van der Waals surface area contributed by atoms with E-state index < -0.39 is 0 Å². The lowest BCUT2D eigenvalue weighted by atomic mass is 10.1. The first-order valence-corrected chi connectivity index (χ1v) is 7.19. The van der Waals surface area contributed by atoms with Gasteiger partial charge in [0, 0.05) is 12.6 Å². The summed E-state index contributed by atoms with van der Waals surface area (Å²) in [5.74, 6) is 0.870. The minimum absolute atomic E-state index is 0.343. The van der Waals surface area contributed by atoms with Crippen LogP contribution < -0.4 is 5.32 Å². The molecule has 0 radical (unpaired) electrons. The fourth-order valence-corrected chi connectivity index (χ4v) is 2.87. The quantitative estimate of drug-likeness (QED) is 0.767. The molecule has 3 heteroatoms. The summed E-state index contributed by atoms with van der Waals surface area (Å²) in [5, 5.41) is 17.5. The number of rotatable bonds is 7. The van der Waals surface area contributed by atoms with E-state index in [1.54, 1.807) is 11.3 Å². The van der Waals surface area contributed by atoms with Gasteiger partial charge in [-0.15, -0.1) is 0 Å². The Kier molecular flexibility index (Phi) is 4.38. The predicted octanol–water partition coefficient (Wildman–Crippen LogP) is 2.95. The first-order valence-electron chi connectivity index (χ1n) is 6.24. The van der Waals surface area contributed by atoms with E-state index in [0.29, 0.717) is 12.6 Å². The molecular formula is C13H21NOS. The maximum Gasteiger partial charge on any atom is 0.0922 e. The van der Waals surface area contributed by atoms with E-state index in [0.717, 1.165) is 11.5 Å². The van der Waals surface area contributed by atoms with Crippen LogP contribution in [0.15, 0.2) is 16.8 Å². The number of hydrogen-bond acceptors (Lipinski definition) is 3. The molecule has 2 nitrogen and oxygen atoms in total. The average Bonchev–Trinajstić information content (AvgIpc) is 2.98. The molecule has 0 bridgehead atoms. The van der Waals surface area contributed by atoms with Gasteiger partial charge in [0.05, 0.1) is 6.10 Å². The topological polar surface area (TPSA) is 32.3 Å². The van der Waals surface area contributed by atoms with Gasteiger partial charge in [0.25, 0.3) is 0 Å². The second kappa shape index (κ2) is 5.80. The fraction of sp³-hybridized carbons (Fsp3) is 0.692. The third-order valence-electron chi connectivity index (χ3n) is 3.29. The van der Waals surface area contributed by atoms with Crippen LogP contribution in [-0.4, -0.2) is 17.7 Å². The monoisotopic (exact) mass is 239 g/mol. The maximum atomic E-state index is 9.97. The minimum Gasteiger partial charge on any atom is -0.387 e. The van der Waals surface area contributed by atoms with Crippen molar-refractivity contribution in [2.24, 2.45) is 5.92 Å². The molecule has 0 aliphatic heterocycles. The largest absolute Gasteiger partial charge is 0.387 e. The summed E-state index contributed by atoms with van der Waals surface area (Å²) in [6, 6.07) is 2.63. The van der Waals surface area contributed by atoms with Crippen LogP contribution in [0.1, 0.15) is 44.3 Å². The molecule has 1 aliphatic carbocycles. The highest BCUT2D eigenvalue weighted by Crippen LogP contribution is 2.34. The maximum absolute atomic E-state index is 9.97. The van der Waals surface area contributed by atoms with Crippen LogP contribution >= 0.6 is 11.3 Å². The van der Waals surface area contributed by atoms with Crippen LogP contribution in [0.25, 0.3) is 0 Å². The van der Waals surface area contributed by atoms with Gasteiger partial charge in [-0.3, -0.25) is 0 Å². The normalized spacial score (nSPS) is 19.6. The van der Waals surface area contributed by atoms with Crippen molar-refractivity contribution in [3.8, 4) is 0 Å². The van der Waals surface area contributed by atoms with E-state index in [1.807, 2.05) is 16.8 Å². The predicted molar refractivity (Wildman–Crippen MR) is 68.7 cm³/mol. The van der Waals surface area contributed by atoms with Crippen molar-refractivity contribution in [1.82, 2.24) is 5.32 Å². The average molecular weight is 239 g/mol. The van der Waals surface area contributed by atoms with Gasteiger partial charge in [-0.1, -0.05) is 13.3 Å². The van der Waals surface area contributed by atoms with Gasteiger partial charge in [-0.05, 0) is 47.6 Å². The molecule has 0 amide bonds. The van der Waals surface area contributed by atoms with Crippen molar-refractivity contribution in [3.05, 3.63) is 22.4 Å². The van der Waals surface area contributed by atoms with Gasteiger partial charge in [0.15, 0.2) is 0 Å². The van der Waals surface area contributed by atoms with Crippen molar-refractivity contribution in [3.63, 3.8) is 0 Å². The summed E-state index contributed by atoms with van der Waals surface area (Å²) in [6.07, 6.45) is 4.85. The van der Waals surface area contributed by atoms with E-state index in [1.165, 1.54) is 25.7 Å². The number of thiophene rings is 1. The molecule has 0 aromatic carbocycles. The summed E-state index contributed by atoms with van der Waals surface area (Å²) in [5.41, 5.74) is 1.04. The molecule has 1 fully saturated rings. The first kappa shape index (κ1) is 12.1. The van der Waals surface area contributed by atoms with Gasteiger partial charge < -0.3 is 10.4 Å². The van der Waals surface area contributed by atoms with Crippen molar-refractivity contribution in [2.45, 2.75) is 44.8 Å². The molecule has 1 saturated carbocycles. The summed E-state index contributed by atoms with van der Waals surface area (Å²) in [7, 11) is 0. The molecular weight excluding hydrogens is 218 g/mol. The van der Waals surface area contributed by atoms with Gasteiger partial charge in [0.1, 0.15) is 0 Å². The first-order chi connectivity index (χ1) is 7.81. The lowest BCUT2D eigenvalue weighted by Crippen LogP contribution is -2.34. The van der Waals surface area contributed by atoms with Crippen LogP contribution in [0.2, 0.25) is 0 Å². The SMILES string of the molecule is CCCC(NCC(O)c1ccsc1)C1CC1. The Morgan fingerprint density at radius 3 is 2.94 bits per heavy atom. The Labute approximate surface area is 102 Å². The van der Waals surface area contributed by atoms with Crippen LogP contribution in [0.5, 0.6) is 0 Å². The van der Waals surface area contributed by atoms with Gasteiger partial charge in [-0.2, -0.15) is 11.3 Å². The summed E-state index contributed by atoms with van der Waals surface area (Å²) < 4.78 is 0. The summed E-state index contributed by atoms with van der Waals surface area (Å²) in [4.78, 5) is 0. The zero-order valence-electron chi connectivity index (χ0n) is 9.86. The molecule has 90 valence electrons. The number of aliphatic hydroxyl groups is 1. The van der Waals surface area contributed by atoms with Crippen LogP contribution in [-0.2, 0) is 0 Å². The van der Waals surface area contributed by atoms with Gasteiger partial charge in [-0.25, -0.2) is 0 Å². The Morgan fingerprint density at radius 1 is 1.56 bits per heavy atom. The highest BCUT2D eigenvalue weighted by molar-refractivity contribution is 7.07. The smallest absolute Gasteiger partial charge is 0.0922 e. The Hall–Kier alpha value is -0.380. The Balaban J connectivity index is 1.76. The molecule has 16 heavy (non-hydrogen) atoms. The third kappa shape index (κ3) is 3.30. The highest BCUT2D eigenvalue weighted by Gasteiger charge is 2.30. The van der Waals surface area contributed by atoms with Crippen molar-refractivity contribution >= 4 is 11.3 Å². The number of nitrogens with one attached hydrogen (secondary N) is 1. The zero-order chi connectivity index (χ0) is 11.4. The lowest BCUT2D eigenvalue weighted by Gasteiger charge is -2.19. The van der Waals surface area contributed by atoms with Crippen LogP contribution in [0.4, 0.5) is 0 Å². The van der Waals surface area contributed by atoms with Crippen molar-refractivity contribution in [1.29, 1.82) is 0 Å². The van der Waals surface area contributed by atoms with Crippen molar-refractivity contribution in [2.75, 3.05) is 6.54 Å². The molecule has 1 aromatic rings. The number of aliphatic hydroxyl groups excluding tert-OH is 1. The van der Waals surface area contributed by atoms with E-state index >= 15 is 0 Å². The fourth-order valence-electron chi connectivity index (χ4n) is 2.16. The molecule has 2 rings (SSSR count).